The molecule has 158 valence electrons. The van der Waals surface area contributed by atoms with Crippen molar-refractivity contribution in [1.82, 2.24) is 24.2 Å². The van der Waals surface area contributed by atoms with Crippen LogP contribution in [0.4, 0.5) is 0 Å². The van der Waals surface area contributed by atoms with Crippen LogP contribution >= 0.6 is 11.6 Å². The smallest absolute Gasteiger partial charge is 0.332 e. The lowest BCUT2D eigenvalue weighted by Crippen LogP contribution is -2.37. The maximum absolute atomic E-state index is 12.4. The lowest BCUT2D eigenvalue weighted by Gasteiger charge is -2.10. The second-order valence-electron chi connectivity index (χ2n) is 6.41. The molecule has 10 nitrogen and oxygen atoms in total. The van der Waals surface area contributed by atoms with E-state index >= 15 is 0 Å². The summed E-state index contributed by atoms with van der Waals surface area (Å²) >= 11 is 5.80. The number of aromatic nitrogens is 3. The molecule has 1 aromatic carbocycles. The van der Waals surface area contributed by atoms with Crippen LogP contribution in [0.3, 0.4) is 0 Å². The van der Waals surface area contributed by atoms with E-state index in [1.165, 1.54) is 49.1 Å². The van der Waals surface area contributed by atoms with Gasteiger partial charge in [0.1, 0.15) is 5.65 Å². The van der Waals surface area contributed by atoms with Crippen LogP contribution in [0.5, 0.6) is 0 Å². The van der Waals surface area contributed by atoms with Gasteiger partial charge in [0, 0.05) is 38.4 Å². The number of nitrogens with zero attached hydrogens (tertiary/aromatic N) is 3. The number of carbonyl (C=O) groups excluding carboxylic acids is 1. The summed E-state index contributed by atoms with van der Waals surface area (Å²) in [6.07, 6.45) is 1.24. The molecule has 30 heavy (non-hydrogen) atoms. The normalized spacial score (nSPS) is 11.6. The molecule has 0 saturated heterocycles. The average Bonchev–Trinajstić information content (AvgIpc) is 2.73. The molecule has 2 N–H and O–H groups in total. The van der Waals surface area contributed by atoms with Gasteiger partial charge in [0.05, 0.1) is 15.8 Å². The van der Waals surface area contributed by atoms with Gasteiger partial charge in [0.15, 0.2) is 0 Å². The fourth-order valence-electron chi connectivity index (χ4n) is 2.77. The van der Waals surface area contributed by atoms with Crippen LogP contribution in [-0.2, 0) is 24.1 Å². The summed E-state index contributed by atoms with van der Waals surface area (Å²) in [6.45, 7) is -0.0557. The highest BCUT2D eigenvalue weighted by Crippen LogP contribution is 2.14. The highest BCUT2D eigenvalue weighted by Gasteiger charge is 2.15. The number of rotatable bonds is 6. The van der Waals surface area contributed by atoms with Gasteiger partial charge in [-0.15, -0.1) is 0 Å². The summed E-state index contributed by atoms with van der Waals surface area (Å²) in [4.78, 5) is 40.7. The van der Waals surface area contributed by atoms with Gasteiger partial charge in [0.25, 0.3) is 11.5 Å². The predicted molar refractivity (Wildman–Crippen MR) is 111 cm³/mol. The van der Waals surface area contributed by atoms with Gasteiger partial charge in [-0.2, -0.15) is 0 Å². The number of hydrogen-bond donors (Lipinski definition) is 2. The third-order valence-electron chi connectivity index (χ3n) is 4.36. The number of sulfonamides is 1. The van der Waals surface area contributed by atoms with Crippen molar-refractivity contribution in [3.05, 3.63) is 68.0 Å². The Morgan fingerprint density at radius 1 is 1.13 bits per heavy atom. The first-order valence-electron chi connectivity index (χ1n) is 8.71. The molecule has 12 heteroatoms. The van der Waals surface area contributed by atoms with E-state index in [9.17, 15) is 22.8 Å². The van der Waals surface area contributed by atoms with E-state index in [1.54, 1.807) is 6.07 Å². The number of hydrogen-bond acceptors (Lipinski definition) is 6. The Balaban J connectivity index is 1.69. The van der Waals surface area contributed by atoms with E-state index in [4.69, 9.17) is 11.6 Å². The first kappa shape index (κ1) is 21.7. The molecule has 0 aliphatic rings. The van der Waals surface area contributed by atoms with Crippen LogP contribution in [0, 0.1) is 0 Å². The van der Waals surface area contributed by atoms with E-state index in [1.807, 2.05) is 0 Å². The predicted octanol–water partition coefficient (Wildman–Crippen LogP) is -0.00610. The molecule has 1 amide bonds. The van der Waals surface area contributed by atoms with Crippen molar-refractivity contribution in [3.8, 4) is 0 Å². The molecule has 0 saturated carbocycles. The van der Waals surface area contributed by atoms with E-state index < -0.39 is 27.2 Å². The van der Waals surface area contributed by atoms with Crippen LogP contribution in [0.15, 0.2) is 51.0 Å². The van der Waals surface area contributed by atoms with Crippen molar-refractivity contribution in [2.24, 2.45) is 14.1 Å². The van der Waals surface area contributed by atoms with Crippen LogP contribution in [0.25, 0.3) is 11.0 Å². The standard InChI is InChI=1S/C18H18ClN5O5S/c1-23-15-14(17(26)24(2)18(23)27)8-11(10-21-15)16(25)20-6-7-22-30(28,29)13-5-3-4-12(19)9-13/h3-5,8-10,22H,6-7H2,1-2H3,(H,20,25). The number of carbonyl (C=O) groups is 1. The summed E-state index contributed by atoms with van der Waals surface area (Å²) < 4.78 is 28.9. The summed E-state index contributed by atoms with van der Waals surface area (Å²) in [5.74, 6) is -0.540. The van der Waals surface area contributed by atoms with Crippen LogP contribution in [-0.4, -0.2) is 41.5 Å². The quantitative estimate of drug-likeness (QED) is 0.507. The van der Waals surface area contributed by atoms with Gasteiger partial charge in [-0.25, -0.2) is 22.9 Å². The molecule has 0 fully saturated rings. The summed E-state index contributed by atoms with van der Waals surface area (Å²) in [6, 6.07) is 7.14. The van der Waals surface area contributed by atoms with E-state index in [-0.39, 0.29) is 34.6 Å². The first-order valence-corrected chi connectivity index (χ1v) is 10.6. The third kappa shape index (κ3) is 4.27. The molecule has 3 rings (SSSR count). The van der Waals surface area contributed by atoms with Crippen molar-refractivity contribution >= 4 is 38.6 Å². The molecule has 0 unspecified atom stereocenters. The molecule has 3 aromatic rings. The van der Waals surface area contributed by atoms with Crippen molar-refractivity contribution in [1.29, 1.82) is 0 Å². The number of amides is 1. The fourth-order valence-corrected chi connectivity index (χ4v) is 4.10. The van der Waals surface area contributed by atoms with Gasteiger partial charge in [-0.3, -0.25) is 18.7 Å². The SMILES string of the molecule is Cn1c(=O)c2cc(C(=O)NCCNS(=O)(=O)c3cccc(Cl)c3)cnc2n(C)c1=O. The highest BCUT2D eigenvalue weighted by atomic mass is 35.5. The number of fused-ring (bicyclic) bond motifs is 1. The maximum atomic E-state index is 12.4. The molecular weight excluding hydrogens is 434 g/mol. The van der Waals surface area contributed by atoms with E-state index in [2.05, 4.69) is 15.0 Å². The molecule has 0 spiro atoms. The van der Waals surface area contributed by atoms with Crippen molar-refractivity contribution < 1.29 is 13.2 Å². The Morgan fingerprint density at radius 2 is 1.87 bits per heavy atom. The number of benzene rings is 1. The minimum Gasteiger partial charge on any atom is -0.351 e. The van der Waals surface area contributed by atoms with Crippen LogP contribution in [0.1, 0.15) is 10.4 Å². The van der Waals surface area contributed by atoms with Crippen molar-refractivity contribution in [2.75, 3.05) is 13.1 Å². The molecule has 0 radical (unpaired) electrons. The van der Waals surface area contributed by atoms with Gasteiger partial charge in [-0.05, 0) is 24.3 Å². The van der Waals surface area contributed by atoms with Crippen molar-refractivity contribution in [2.45, 2.75) is 4.90 Å². The molecule has 0 atom stereocenters. The Bertz CT molecular complexity index is 1360. The second-order valence-corrected chi connectivity index (χ2v) is 8.62. The average molecular weight is 452 g/mol. The molecule has 0 aliphatic carbocycles. The van der Waals surface area contributed by atoms with Gasteiger partial charge < -0.3 is 5.32 Å². The largest absolute Gasteiger partial charge is 0.351 e. The fraction of sp³-hybridized carbons (Fsp3) is 0.222. The Hall–Kier alpha value is -3.02. The minimum atomic E-state index is -3.77. The molecular formula is C18H18ClN5O5S. The number of pyridine rings is 1. The topological polar surface area (TPSA) is 132 Å². The lowest BCUT2D eigenvalue weighted by atomic mass is 10.2. The van der Waals surface area contributed by atoms with Gasteiger partial charge >= 0.3 is 5.69 Å². The van der Waals surface area contributed by atoms with Crippen molar-refractivity contribution in [3.63, 3.8) is 0 Å². The zero-order chi connectivity index (χ0) is 22.1. The maximum Gasteiger partial charge on any atom is 0.332 e. The van der Waals surface area contributed by atoms with Gasteiger partial charge in [0.2, 0.25) is 10.0 Å². The van der Waals surface area contributed by atoms with Gasteiger partial charge in [-0.1, -0.05) is 17.7 Å². The zero-order valence-electron chi connectivity index (χ0n) is 16.0. The number of halogens is 1. The third-order valence-corrected chi connectivity index (χ3v) is 6.06. The van der Waals surface area contributed by atoms with E-state index in [0.717, 1.165) is 4.57 Å². The molecule has 0 aliphatic heterocycles. The molecule has 2 heterocycles. The lowest BCUT2D eigenvalue weighted by molar-refractivity contribution is 0.0954. The first-order chi connectivity index (χ1) is 14.1. The zero-order valence-corrected chi connectivity index (χ0v) is 17.6. The second kappa shape index (κ2) is 8.38. The number of aryl methyl sites for hydroxylation is 1. The minimum absolute atomic E-state index is 0.00194. The Labute approximate surface area is 176 Å². The van der Waals surface area contributed by atoms with E-state index in [0.29, 0.717) is 5.02 Å². The molecule has 2 aromatic heterocycles. The highest BCUT2D eigenvalue weighted by molar-refractivity contribution is 7.89. The summed E-state index contributed by atoms with van der Waals surface area (Å²) in [5, 5.41) is 2.96. The monoisotopic (exact) mass is 451 g/mol. The summed E-state index contributed by atoms with van der Waals surface area (Å²) in [5.41, 5.74) is -0.821. The summed E-state index contributed by atoms with van der Waals surface area (Å²) in [7, 11) is -0.957. The van der Waals surface area contributed by atoms with Crippen LogP contribution in [0.2, 0.25) is 5.02 Å². The Morgan fingerprint density at radius 3 is 2.57 bits per heavy atom. The number of nitrogens with one attached hydrogen (secondary N) is 2. The Kier molecular flexibility index (Phi) is 6.06. The van der Waals surface area contributed by atoms with Crippen LogP contribution < -0.4 is 21.3 Å². The molecule has 0 bridgehead atoms.